The normalized spacial score (nSPS) is 14.2. The number of hydrogen-bond donors (Lipinski definition) is 12. The molecule has 0 spiro atoms. The quantitative estimate of drug-likeness (QED) is 0.0192. The Labute approximate surface area is 251 Å². The van der Waals surface area contributed by atoms with E-state index < -0.39 is 66.5 Å². The predicted octanol–water partition coefficient (Wildman–Crippen LogP) is -5.66. The second kappa shape index (κ2) is 22.5. The number of carbonyl (C=O) groups is 7. The molecule has 0 fully saturated rings. The molecular weight excluding hydrogens is 596 g/mol. The number of aliphatic hydroxyl groups is 2. The van der Waals surface area contributed by atoms with Crippen molar-refractivity contribution in [1.82, 2.24) is 36.9 Å². The van der Waals surface area contributed by atoms with E-state index in [4.69, 9.17) is 16.1 Å². The summed E-state index contributed by atoms with van der Waals surface area (Å²) in [5.41, 5.74) is 5.42. The number of aliphatic hydroxyl groups excluding tert-OH is 2. The second-order valence-electron chi connectivity index (χ2n) is 9.35. The third kappa shape index (κ3) is 16.0. The van der Waals surface area contributed by atoms with Crippen LogP contribution < -0.4 is 32.3 Å². The van der Waals surface area contributed by atoms with Crippen molar-refractivity contribution in [2.45, 2.75) is 68.8 Å². The van der Waals surface area contributed by atoms with Crippen molar-refractivity contribution in [3.63, 3.8) is 0 Å². The summed E-state index contributed by atoms with van der Waals surface area (Å²) in [4.78, 5) is 84.2. The number of carbonyl (C=O) groups excluding carboxylic acids is 6. The number of hydrogen-bond acceptors (Lipinski definition) is 14. The lowest BCUT2D eigenvalue weighted by molar-refractivity contribution is -0.306. The molecule has 0 heterocycles. The molecule has 6 amide bonds. The molecule has 0 rings (SSSR count). The topological polar surface area (TPSA) is 334 Å². The highest BCUT2D eigenvalue weighted by Crippen LogP contribution is 2.04. The summed E-state index contributed by atoms with van der Waals surface area (Å²) < 4.78 is 0. The first-order valence-electron chi connectivity index (χ1n) is 13.5. The molecule has 21 heteroatoms. The maximum atomic E-state index is 12.9. The Morgan fingerprint density at radius 2 is 1.36 bits per heavy atom. The molecule has 252 valence electrons. The zero-order valence-electron chi connectivity index (χ0n) is 23.8. The monoisotopic (exact) mass is 638 g/mol. The van der Waals surface area contributed by atoms with Crippen molar-refractivity contribution in [2.24, 2.45) is 5.73 Å². The SMILES string of the molecule is NCCCCNC(=O)[C@H](CCCN(O)C=O)NC(=O)[C@H](CO)NC(=O)[C@H](NC(=O)[C@H](CCCN(O)O)NC=O)[C@@H](O)C(=O)O. The van der Waals surface area contributed by atoms with Gasteiger partial charge in [0.25, 0.3) is 0 Å². The van der Waals surface area contributed by atoms with Crippen LogP contribution in [-0.4, -0.2) is 147 Å². The molecule has 0 aromatic carbocycles. The summed E-state index contributed by atoms with van der Waals surface area (Å²) in [6, 6.07) is -6.73. The zero-order chi connectivity index (χ0) is 33.7. The van der Waals surface area contributed by atoms with Crippen LogP contribution in [0.2, 0.25) is 0 Å². The minimum absolute atomic E-state index is 0.0378. The number of carboxylic acid groups (broad SMARTS) is 1. The molecule has 5 atom stereocenters. The maximum Gasteiger partial charge on any atom is 0.335 e. The molecule has 0 saturated heterocycles. The van der Waals surface area contributed by atoms with Crippen LogP contribution in [-0.2, 0) is 33.6 Å². The number of aliphatic carboxylic acids is 1. The third-order valence-corrected chi connectivity index (χ3v) is 5.97. The predicted molar refractivity (Wildman–Crippen MR) is 144 cm³/mol. The Balaban J connectivity index is 5.71. The van der Waals surface area contributed by atoms with Gasteiger partial charge < -0.3 is 47.6 Å². The van der Waals surface area contributed by atoms with Gasteiger partial charge in [-0.15, -0.1) is 0 Å². The van der Waals surface area contributed by atoms with Gasteiger partial charge in [-0.05, 0) is 45.1 Å². The van der Waals surface area contributed by atoms with Gasteiger partial charge in [0.05, 0.1) is 13.2 Å². The largest absolute Gasteiger partial charge is 0.479 e. The molecule has 0 aliphatic rings. The van der Waals surface area contributed by atoms with Gasteiger partial charge in [0, 0.05) is 13.1 Å². The summed E-state index contributed by atoms with van der Waals surface area (Å²) in [6.07, 6.45) is -1.52. The van der Waals surface area contributed by atoms with Crippen molar-refractivity contribution < 1.29 is 64.5 Å². The molecule has 44 heavy (non-hydrogen) atoms. The number of unbranched alkanes of at least 4 members (excludes halogenated alkanes) is 1. The van der Waals surface area contributed by atoms with Crippen LogP contribution >= 0.6 is 0 Å². The van der Waals surface area contributed by atoms with Crippen LogP contribution in [0.25, 0.3) is 0 Å². The number of nitrogens with one attached hydrogen (secondary N) is 5. The van der Waals surface area contributed by atoms with Gasteiger partial charge in [0.15, 0.2) is 6.10 Å². The number of hydroxylamine groups is 4. The van der Waals surface area contributed by atoms with Gasteiger partial charge in [0.2, 0.25) is 36.4 Å². The maximum absolute atomic E-state index is 12.9. The summed E-state index contributed by atoms with van der Waals surface area (Å²) in [6.45, 7) is -1.03. The van der Waals surface area contributed by atoms with E-state index in [2.05, 4.69) is 16.0 Å². The van der Waals surface area contributed by atoms with Crippen molar-refractivity contribution in [2.75, 3.05) is 32.8 Å². The summed E-state index contributed by atoms with van der Waals surface area (Å²) >= 11 is 0. The Bertz CT molecular complexity index is 942. The van der Waals surface area contributed by atoms with Crippen LogP contribution in [0.3, 0.4) is 0 Å². The fourth-order valence-corrected chi connectivity index (χ4v) is 3.60. The molecule has 0 aliphatic heterocycles. The molecule has 0 aromatic heterocycles. The Kier molecular flexibility index (Phi) is 20.5. The minimum Gasteiger partial charge on any atom is -0.479 e. The lowest BCUT2D eigenvalue weighted by Crippen LogP contribution is -2.62. The van der Waals surface area contributed by atoms with Gasteiger partial charge in [-0.25, -0.2) is 9.86 Å². The highest BCUT2D eigenvalue weighted by Gasteiger charge is 2.37. The van der Waals surface area contributed by atoms with Crippen molar-refractivity contribution in [3.05, 3.63) is 0 Å². The van der Waals surface area contributed by atoms with Gasteiger partial charge in [0.1, 0.15) is 24.2 Å². The zero-order valence-corrected chi connectivity index (χ0v) is 23.8. The molecule has 13 N–H and O–H groups in total. The minimum atomic E-state index is -2.56. The van der Waals surface area contributed by atoms with Gasteiger partial charge in [-0.2, -0.15) is 0 Å². The average Bonchev–Trinajstić information content (AvgIpc) is 2.98. The van der Waals surface area contributed by atoms with Crippen LogP contribution in [0.15, 0.2) is 0 Å². The van der Waals surface area contributed by atoms with Gasteiger partial charge in [-0.3, -0.25) is 44.4 Å². The standard InChI is InChI=1S/C23H42N8O13/c24-7-1-2-8-25-19(36)15(6-3-9-30(42)13-34)27-21(38)16(11-32)28-22(39)17(18(35)23(40)41)29-20(37)14(26-12-33)5-4-10-31(43)44/h12-18,32,35,42-44H,1-11,24H2,(H,25,36)(H,26,33)(H,27,38)(H,28,39)(H,29,37)(H,40,41)/t14-,15-,16-,17+,18+/m0/s1. The van der Waals surface area contributed by atoms with Crippen molar-refractivity contribution in [3.8, 4) is 0 Å². The van der Waals surface area contributed by atoms with E-state index in [0.29, 0.717) is 24.4 Å². The average molecular weight is 639 g/mol. The van der Waals surface area contributed by atoms with E-state index in [1.165, 1.54) is 0 Å². The van der Waals surface area contributed by atoms with E-state index >= 15 is 0 Å². The number of rotatable bonds is 25. The molecule has 0 radical (unpaired) electrons. The summed E-state index contributed by atoms with van der Waals surface area (Å²) in [7, 11) is 0. The number of nitrogens with two attached hydrogens (primary N) is 1. The lowest BCUT2D eigenvalue weighted by atomic mass is 10.1. The second-order valence-corrected chi connectivity index (χ2v) is 9.35. The van der Waals surface area contributed by atoms with Crippen LogP contribution in [0.4, 0.5) is 0 Å². The van der Waals surface area contributed by atoms with E-state index in [0.717, 1.165) is 0 Å². The highest BCUT2D eigenvalue weighted by molar-refractivity contribution is 5.97. The van der Waals surface area contributed by atoms with Crippen LogP contribution in [0.1, 0.15) is 38.5 Å². The third-order valence-electron chi connectivity index (χ3n) is 5.97. The molecular formula is C23H42N8O13. The molecule has 0 aliphatic carbocycles. The number of amides is 6. The van der Waals surface area contributed by atoms with E-state index in [-0.39, 0.29) is 63.4 Å². The molecule has 0 saturated carbocycles. The highest BCUT2D eigenvalue weighted by atomic mass is 16.8. The first-order chi connectivity index (χ1) is 20.8. The Morgan fingerprint density at radius 1 is 0.773 bits per heavy atom. The van der Waals surface area contributed by atoms with Crippen LogP contribution in [0, 0.1) is 0 Å². The van der Waals surface area contributed by atoms with Gasteiger partial charge in [-0.1, -0.05) is 5.23 Å². The molecule has 0 unspecified atom stereocenters. The van der Waals surface area contributed by atoms with Crippen molar-refractivity contribution >= 4 is 42.4 Å². The van der Waals surface area contributed by atoms with Gasteiger partial charge >= 0.3 is 5.97 Å². The fraction of sp³-hybridized carbons (Fsp3) is 0.696. The Hall–Kier alpha value is -3.99. The molecule has 21 nitrogen and oxygen atoms in total. The smallest absolute Gasteiger partial charge is 0.335 e. The molecule has 0 aromatic rings. The summed E-state index contributed by atoms with van der Waals surface area (Å²) in [5, 5.41) is 67.0. The van der Waals surface area contributed by atoms with E-state index in [1.54, 1.807) is 0 Å². The van der Waals surface area contributed by atoms with E-state index in [1.807, 2.05) is 10.6 Å². The lowest BCUT2D eigenvalue weighted by Gasteiger charge is -2.26. The first kappa shape index (κ1) is 40.0. The number of carboxylic acids is 1. The van der Waals surface area contributed by atoms with Crippen molar-refractivity contribution in [1.29, 1.82) is 0 Å². The fourth-order valence-electron chi connectivity index (χ4n) is 3.60. The molecule has 0 bridgehead atoms. The first-order valence-corrected chi connectivity index (χ1v) is 13.5. The Morgan fingerprint density at radius 3 is 1.91 bits per heavy atom. The number of nitrogens with zero attached hydrogens (tertiary/aromatic N) is 2. The summed E-state index contributed by atoms with van der Waals surface area (Å²) in [5.74, 6) is -6.32. The van der Waals surface area contributed by atoms with Crippen LogP contribution in [0.5, 0.6) is 0 Å². The van der Waals surface area contributed by atoms with E-state index in [9.17, 15) is 54.1 Å².